The van der Waals surface area contributed by atoms with Crippen LogP contribution in [0.4, 0.5) is 0 Å². The molecule has 0 spiro atoms. The number of benzene rings is 6. The minimum Gasteiger partial charge on any atom is -0.0770 e. The van der Waals surface area contributed by atoms with Gasteiger partial charge in [0.15, 0.2) is 0 Å². The van der Waals surface area contributed by atoms with Crippen LogP contribution >= 0.6 is 0 Å². The fraction of sp³-hybridized carbons (Fsp3) is 0.0811. The molecular formula is C37H28. The van der Waals surface area contributed by atoms with E-state index in [9.17, 15) is 0 Å². The summed E-state index contributed by atoms with van der Waals surface area (Å²) in [5.74, 6) is 0.331. The lowest BCUT2D eigenvalue weighted by atomic mass is 9.77. The Labute approximate surface area is 218 Å². The molecule has 0 aliphatic heterocycles. The summed E-state index contributed by atoms with van der Waals surface area (Å²) in [7, 11) is 0. The number of allylic oxidation sites excluding steroid dienone is 3. The van der Waals surface area contributed by atoms with E-state index in [-0.39, 0.29) is 0 Å². The van der Waals surface area contributed by atoms with Gasteiger partial charge in [-0.1, -0.05) is 140 Å². The van der Waals surface area contributed by atoms with Gasteiger partial charge in [-0.05, 0) is 72.1 Å². The minimum absolute atomic E-state index is 0.331. The van der Waals surface area contributed by atoms with Crippen molar-refractivity contribution in [2.24, 2.45) is 0 Å². The highest BCUT2D eigenvalue weighted by molar-refractivity contribution is 6.16. The fourth-order valence-electron chi connectivity index (χ4n) is 6.29. The molecule has 1 aliphatic carbocycles. The van der Waals surface area contributed by atoms with Crippen molar-refractivity contribution in [1.82, 2.24) is 0 Å². The first-order valence-electron chi connectivity index (χ1n) is 13.2. The SMILES string of the molecule is CCC1C=CC=Cc2c1c(-c1cccc3ccccc13)c1ccccc1c2-c1cccc2ccccc12. The minimum atomic E-state index is 0.331. The highest BCUT2D eigenvalue weighted by Gasteiger charge is 2.26. The number of hydrogen-bond donors (Lipinski definition) is 0. The predicted octanol–water partition coefficient (Wildman–Crippen LogP) is 10.6. The summed E-state index contributed by atoms with van der Waals surface area (Å²) >= 11 is 0. The van der Waals surface area contributed by atoms with Crippen LogP contribution in [0, 0.1) is 0 Å². The molecule has 0 saturated heterocycles. The molecule has 0 radical (unpaired) electrons. The van der Waals surface area contributed by atoms with Gasteiger partial charge in [0.25, 0.3) is 0 Å². The van der Waals surface area contributed by atoms with E-state index in [1.165, 1.54) is 65.7 Å². The maximum atomic E-state index is 2.39. The zero-order valence-corrected chi connectivity index (χ0v) is 21.0. The molecule has 0 saturated carbocycles. The molecule has 176 valence electrons. The number of hydrogen-bond acceptors (Lipinski definition) is 0. The Hall–Kier alpha value is -4.42. The zero-order chi connectivity index (χ0) is 24.8. The van der Waals surface area contributed by atoms with Gasteiger partial charge in [-0.25, -0.2) is 0 Å². The Bertz CT molecular complexity index is 1850. The Morgan fingerprint density at radius 1 is 0.514 bits per heavy atom. The normalized spacial score (nSPS) is 14.8. The highest BCUT2D eigenvalue weighted by atomic mass is 14.3. The van der Waals surface area contributed by atoms with Gasteiger partial charge in [0.2, 0.25) is 0 Å². The van der Waals surface area contributed by atoms with Gasteiger partial charge in [-0.3, -0.25) is 0 Å². The van der Waals surface area contributed by atoms with Gasteiger partial charge in [0.1, 0.15) is 0 Å². The summed E-state index contributed by atoms with van der Waals surface area (Å²) in [4.78, 5) is 0. The van der Waals surface area contributed by atoms with E-state index < -0.39 is 0 Å². The molecule has 0 heteroatoms. The van der Waals surface area contributed by atoms with Crippen molar-refractivity contribution in [2.75, 3.05) is 0 Å². The summed E-state index contributed by atoms with van der Waals surface area (Å²) in [5.41, 5.74) is 8.10. The molecule has 37 heavy (non-hydrogen) atoms. The Morgan fingerprint density at radius 2 is 1.03 bits per heavy atom. The van der Waals surface area contributed by atoms with Crippen molar-refractivity contribution in [1.29, 1.82) is 0 Å². The largest absolute Gasteiger partial charge is 0.0770 e. The van der Waals surface area contributed by atoms with E-state index in [1.54, 1.807) is 0 Å². The van der Waals surface area contributed by atoms with E-state index in [1.807, 2.05) is 0 Å². The van der Waals surface area contributed by atoms with E-state index in [0.29, 0.717) is 5.92 Å². The second-order valence-corrected chi connectivity index (χ2v) is 9.94. The van der Waals surface area contributed by atoms with Crippen LogP contribution in [0.5, 0.6) is 0 Å². The first-order chi connectivity index (χ1) is 18.3. The maximum absolute atomic E-state index is 2.39. The second-order valence-electron chi connectivity index (χ2n) is 9.94. The maximum Gasteiger partial charge on any atom is 0.00310 e. The molecule has 0 nitrogen and oxygen atoms in total. The molecule has 0 N–H and O–H groups in total. The van der Waals surface area contributed by atoms with E-state index in [0.717, 1.165) is 6.42 Å². The monoisotopic (exact) mass is 472 g/mol. The first-order valence-corrected chi connectivity index (χ1v) is 13.2. The molecule has 0 fully saturated rings. The van der Waals surface area contributed by atoms with Gasteiger partial charge < -0.3 is 0 Å². The lowest BCUT2D eigenvalue weighted by Crippen LogP contribution is -2.04. The van der Waals surface area contributed by atoms with E-state index in [4.69, 9.17) is 0 Å². The van der Waals surface area contributed by atoms with Gasteiger partial charge in [0.05, 0.1) is 0 Å². The first kappa shape index (κ1) is 21.8. The molecule has 1 unspecified atom stereocenters. The van der Waals surface area contributed by atoms with Crippen molar-refractivity contribution in [3.8, 4) is 22.3 Å². The molecule has 0 heterocycles. The topological polar surface area (TPSA) is 0 Å². The molecular weight excluding hydrogens is 444 g/mol. The fourth-order valence-corrected chi connectivity index (χ4v) is 6.29. The van der Waals surface area contributed by atoms with Crippen molar-refractivity contribution in [2.45, 2.75) is 19.3 Å². The van der Waals surface area contributed by atoms with Gasteiger partial charge >= 0.3 is 0 Å². The van der Waals surface area contributed by atoms with Crippen LogP contribution in [0.25, 0.3) is 60.6 Å². The summed E-state index contributed by atoms with van der Waals surface area (Å²) in [6.07, 6.45) is 10.2. The average Bonchev–Trinajstić information content (AvgIpc) is 3.18. The van der Waals surface area contributed by atoms with Crippen molar-refractivity contribution < 1.29 is 0 Å². The quantitative estimate of drug-likeness (QED) is 0.240. The Balaban J connectivity index is 1.71. The smallest absolute Gasteiger partial charge is 0.00310 e. The third-order valence-corrected chi connectivity index (χ3v) is 7.94. The van der Waals surface area contributed by atoms with Crippen molar-refractivity contribution in [3.63, 3.8) is 0 Å². The number of rotatable bonds is 3. The standard InChI is InChI=1S/C37H28/c1-2-25-13-3-8-22-34-35(25)37(31-24-12-17-27-15-5-7-19-29(27)31)33-21-10-9-20-32(33)36(34)30-23-11-16-26-14-4-6-18-28(26)30/h3-25H,2H2,1H3. The molecule has 0 aromatic heterocycles. The summed E-state index contributed by atoms with van der Waals surface area (Å²) < 4.78 is 0. The average molecular weight is 473 g/mol. The van der Waals surface area contributed by atoms with E-state index >= 15 is 0 Å². The molecule has 0 bridgehead atoms. The van der Waals surface area contributed by atoms with Crippen molar-refractivity contribution in [3.05, 3.63) is 139 Å². The second kappa shape index (κ2) is 8.91. The van der Waals surface area contributed by atoms with Crippen LogP contribution in [0.15, 0.2) is 127 Å². The van der Waals surface area contributed by atoms with Crippen LogP contribution < -0.4 is 0 Å². The Morgan fingerprint density at radius 3 is 1.65 bits per heavy atom. The lowest BCUT2D eigenvalue weighted by molar-refractivity contribution is 0.808. The van der Waals surface area contributed by atoms with Crippen LogP contribution in [-0.4, -0.2) is 0 Å². The predicted molar refractivity (Wildman–Crippen MR) is 161 cm³/mol. The zero-order valence-electron chi connectivity index (χ0n) is 21.0. The van der Waals surface area contributed by atoms with Gasteiger partial charge in [-0.2, -0.15) is 0 Å². The van der Waals surface area contributed by atoms with Crippen LogP contribution in [0.2, 0.25) is 0 Å². The third kappa shape index (κ3) is 3.44. The Kier molecular flexibility index (Phi) is 5.26. The van der Waals surface area contributed by atoms with Crippen LogP contribution in [-0.2, 0) is 0 Å². The highest BCUT2D eigenvalue weighted by Crippen LogP contribution is 2.49. The summed E-state index contributed by atoms with van der Waals surface area (Å²) in [5, 5.41) is 7.79. The molecule has 1 aliphatic rings. The lowest BCUT2D eigenvalue weighted by Gasteiger charge is -2.26. The molecule has 6 aromatic rings. The van der Waals surface area contributed by atoms with Crippen molar-refractivity contribution >= 4 is 38.4 Å². The number of fused-ring (bicyclic) bond motifs is 4. The third-order valence-electron chi connectivity index (χ3n) is 7.94. The van der Waals surface area contributed by atoms with Gasteiger partial charge in [0, 0.05) is 5.92 Å². The van der Waals surface area contributed by atoms with Crippen LogP contribution in [0.3, 0.4) is 0 Å². The molecule has 1 atom stereocenters. The summed E-state index contributed by atoms with van der Waals surface area (Å²) in [6.45, 7) is 2.31. The molecule has 6 aromatic carbocycles. The molecule has 0 amide bonds. The van der Waals surface area contributed by atoms with Crippen LogP contribution in [0.1, 0.15) is 30.4 Å². The van der Waals surface area contributed by atoms with E-state index in [2.05, 4.69) is 140 Å². The molecule has 7 rings (SSSR count). The van der Waals surface area contributed by atoms with Gasteiger partial charge in [-0.15, -0.1) is 0 Å². The summed E-state index contributed by atoms with van der Waals surface area (Å²) in [6, 6.07) is 40.0.